The molecule has 2 heterocycles. The lowest BCUT2D eigenvalue weighted by Gasteiger charge is -2.33. The van der Waals surface area contributed by atoms with Gasteiger partial charge in [-0.15, -0.1) is 0 Å². The second-order valence-corrected chi connectivity index (χ2v) is 7.07. The fourth-order valence-corrected chi connectivity index (χ4v) is 3.47. The normalized spacial score (nSPS) is 15.0. The molecule has 1 aliphatic rings. The topological polar surface area (TPSA) is 87.4 Å². The van der Waals surface area contributed by atoms with E-state index in [2.05, 4.69) is 32.1 Å². The predicted molar refractivity (Wildman–Crippen MR) is 110 cm³/mol. The first kappa shape index (κ1) is 18.1. The highest BCUT2D eigenvalue weighted by molar-refractivity contribution is 5.96. The zero-order valence-corrected chi connectivity index (χ0v) is 15.9. The summed E-state index contributed by atoms with van der Waals surface area (Å²) in [5, 5.41) is 15.7. The second kappa shape index (κ2) is 7.40. The van der Waals surface area contributed by atoms with E-state index >= 15 is 0 Å². The quantitative estimate of drug-likeness (QED) is 0.550. The van der Waals surface area contributed by atoms with E-state index in [0.717, 1.165) is 37.4 Å². The summed E-state index contributed by atoms with van der Waals surface area (Å²) in [5.74, 6) is 0.562. The van der Waals surface area contributed by atoms with Gasteiger partial charge in [0.1, 0.15) is 17.8 Å². The van der Waals surface area contributed by atoms with E-state index in [4.69, 9.17) is 0 Å². The van der Waals surface area contributed by atoms with Crippen LogP contribution in [0.25, 0.3) is 10.9 Å². The third-order valence-electron chi connectivity index (χ3n) is 5.17. The number of nitro benzene ring substituents is 1. The van der Waals surface area contributed by atoms with Crippen LogP contribution in [0.3, 0.4) is 0 Å². The number of hydrogen-bond donors (Lipinski definition) is 1. The van der Waals surface area contributed by atoms with Crippen molar-refractivity contribution >= 4 is 33.8 Å². The maximum Gasteiger partial charge on any atom is 0.293 e. The van der Waals surface area contributed by atoms with Crippen LogP contribution in [-0.2, 0) is 0 Å². The van der Waals surface area contributed by atoms with Gasteiger partial charge in [-0.3, -0.25) is 10.1 Å². The molecule has 1 saturated heterocycles. The van der Waals surface area contributed by atoms with Crippen LogP contribution < -0.4 is 10.2 Å². The Morgan fingerprint density at radius 2 is 1.86 bits per heavy atom. The van der Waals surface area contributed by atoms with E-state index < -0.39 is 0 Å². The molecule has 8 heteroatoms. The molecule has 8 nitrogen and oxygen atoms in total. The first-order valence-corrected chi connectivity index (χ1v) is 9.22. The van der Waals surface area contributed by atoms with Gasteiger partial charge in [-0.2, -0.15) is 0 Å². The molecule has 144 valence electrons. The van der Waals surface area contributed by atoms with Crippen molar-refractivity contribution in [2.24, 2.45) is 0 Å². The van der Waals surface area contributed by atoms with Gasteiger partial charge in [0.05, 0.1) is 10.4 Å². The molecule has 3 aromatic rings. The summed E-state index contributed by atoms with van der Waals surface area (Å²) in [5.41, 5.74) is 3.36. The first-order valence-electron chi connectivity index (χ1n) is 9.22. The molecule has 1 fully saturated rings. The van der Waals surface area contributed by atoms with Crippen molar-refractivity contribution in [2.75, 3.05) is 43.4 Å². The molecule has 1 aromatic heterocycles. The smallest absolute Gasteiger partial charge is 0.293 e. The van der Waals surface area contributed by atoms with E-state index in [-0.39, 0.29) is 10.6 Å². The Hall–Kier alpha value is -3.26. The standard InChI is InChI=1S/C20H22N6O2/c1-14-5-3-4-6-16(14)23-20-15-11-19(26(27)28)18(12-17(15)21-13-22-20)25-9-7-24(2)8-10-25/h3-6,11-13H,7-10H2,1-2H3,(H,21,22,23). The van der Waals surface area contributed by atoms with E-state index in [1.54, 1.807) is 6.07 Å². The van der Waals surface area contributed by atoms with Crippen LogP contribution in [-0.4, -0.2) is 53.0 Å². The summed E-state index contributed by atoms with van der Waals surface area (Å²) in [6.07, 6.45) is 1.49. The number of benzene rings is 2. The van der Waals surface area contributed by atoms with Crippen LogP contribution in [0.15, 0.2) is 42.7 Å². The first-order chi connectivity index (χ1) is 13.5. The molecule has 0 spiro atoms. The van der Waals surface area contributed by atoms with Crippen LogP contribution >= 0.6 is 0 Å². The van der Waals surface area contributed by atoms with Crippen molar-refractivity contribution < 1.29 is 4.92 Å². The van der Waals surface area contributed by atoms with Crippen LogP contribution in [0.5, 0.6) is 0 Å². The number of fused-ring (bicyclic) bond motifs is 1. The van der Waals surface area contributed by atoms with E-state index in [0.29, 0.717) is 22.4 Å². The number of aryl methyl sites for hydroxylation is 1. The Morgan fingerprint density at radius 3 is 2.57 bits per heavy atom. The fourth-order valence-electron chi connectivity index (χ4n) is 3.47. The maximum absolute atomic E-state index is 11.8. The molecule has 0 bridgehead atoms. The molecule has 0 unspecified atom stereocenters. The van der Waals surface area contributed by atoms with Crippen LogP contribution in [0.2, 0.25) is 0 Å². The Balaban J connectivity index is 1.79. The van der Waals surface area contributed by atoms with Gasteiger partial charge in [0.25, 0.3) is 5.69 Å². The number of rotatable bonds is 4. The van der Waals surface area contributed by atoms with Crippen LogP contribution in [0, 0.1) is 17.0 Å². The molecular weight excluding hydrogens is 356 g/mol. The van der Waals surface area contributed by atoms with Gasteiger partial charge in [-0.05, 0) is 31.7 Å². The lowest BCUT2D eigenvalue weighted by Crippen LogP contribution is -2.44. The zero-order valence-electron chi connectivity index (χ0n) is 15.9. The Labute approximate surface area is 163 Å². The molecule has 0 amide bonds. The van der Waals surface area contributed by atoms with Gasteiger partial charge in [-0.1, -0.05) is 18.2 Å². The zero-order chi connectivity index (χ0) is 19.7. The Bertz CT molecular complexity index is 1030. The van der Waals surface area contributed by atoms with Crippen molar-refractivity contribution in [1.82, 2.24) is 14.9 Å². The van der Waals surface area contributed by atoms with Crippen molar-refractivity contribution in [3.8, 4) is 0 Å². The number of nitrogens with one attached hydrogen (secondary N) is 1. The van der Waals surface area contributed by atoms with Gasteiger partial charge in [0, 0.05) is 43.3 Å². The number of hydrogen-bond acceptors (Lipinski definition) is 7. The predicted octanol–water partition coefficient (Wildman–Crippen LogP) is 3.34. The van der Waals surface area contributed by atoms with Crippen molar-refractivity contribution in [1.29, 1.82) is 0 Å². The molecule has 0 atom stereocenters. The lowest BCUT2D eigenvalue weighted by molar-refractivity contribution is -0.384. The second-order valence-electron chi connectivity index (χ2n) is 7.07. The highest BCUT2D eigenvalue weighted by atomic mass is 16.6. The number of aromatic nitrogens is 2. The molecule has 4 rings (SSSR count). The van der Waals surface area contributed by atoms with Crippen molar-refractivity contribution in [3.05, 3.63) is 58.4 Å². The number of nitro groups is 1. The summed E-state index contributed by atoms with van der Waals surface area (Å²) < 4.78 is 0. The molecule has 0 saturated carbocycles. The summed E-state index contributed by atoms with van der Waals surface area (Å²) in [6, 6.07) is 11.3. The van der Waals surface area contributed by atoms with E-state index in [9.17, 15) is 10.1 Å². The number of para-hydroxylation sites is 1. The summed E-state index contributed by atoms with van der Waals surface area (Å²) in [4.78, 5) is 24.5. The highest BCUT2D eigenvalue weighted by Crippen LogP contribution is 2.35. The maximum atomic E-state index is 11.8. The van der Waals surface area contributed by atoms with Gasteiger partial charge in [0.2, 0.25) is 0 Å². The molecule has 0 aliphatic carbocycles. The minimum absolute atomic E-state index is 0.0830. The highest BCUT2D eigenvalue weighted by Gasteiger charge is 2.24. The summed E-state index contributed by atoms with van der Waals surface area (Å²) >= 11 is 0. The Kier molecular flexibility index (Phi) is 4.79. The average Bonchev–Trinajstić information content (AvgIpc) is 2.69. The fraction of sp³-hybridized carbons (Fsp3) is 0.300. The number of piperazine rings is 1. The van der Waals surface area contributed by atoms with Gasteiger partial charge in [0.15, 0.2) is 0 Å². The summed E-state index contributed by atoms with van der Waals surface area (Å²) in [6.45, 7) is 5.25. The monoisotopic (exact) mass is 378 g/mol. The number of likely N-dealkylation sites (N-methyl/N-ethyl adjacent to an activating group) is 1. The third kappa shape index (κ3) is 3.46. The molecule has 1 N–H and O–H groups in total. The molecule has 28 heavy (non-hydrogen) atoms. The molecule has 0 radical (unpaired) electrons. The van der Waals surface area contributed by atoms with E-state index in [1.807, 2.05) is 37.3 Å². The average molecular weight is 378 g/mol. The van der Waals surface area contributed by atoms with Crippen LogP contribution in [0.4, 0.5) is 22.9 Å². The third-order valence-corrected chi connectivity index (χ3v) is 5.17. The molecular formula is C20H22N6O2. The van der Waals surface area contributed by atoms with E-state index in [1.165, 1.54) is 6.33 Å². The van der Waals surface area contributed by atoms with Crippen LogP contribution in [0.1, 0.15) is 5.56 Å². The summed E-state index contributed by atoms with van der Waals surface area (Å²) in [7, 11) is 2.06. The molecule has 2 aromatic carbocycles. The minimum atomic E-state index is -0.322. The van der Waals surface area contributed by atoms with Gasteiger partial charge in [-0.25, -0.2) is 9.97 Å². The lowest BCUT2D eigenvalue weighted by atomic mass is 10.1. The van der Waals surface area contributed by atoms with Gasteiger partial charge >= 0.3 is 0 Å². The minimum Gasteiger partial charge on any atom is -0.363 e. The largest absolute Gasteiger partial charge is 0.363 e. The Morgan fingerprint density at radius 1 is 1.11 bits per heavy atom. The van der Waals surface area contributed by atoms with Gasteiger partial charge < -0.3 is 15.1 Å². The number of nitrogens with zero attached hydrogens (tertiary/aromatic N) is 5. The number of anilines is 3. The molecule has 1 aliphatic heterocycles. The van der Waals surface area contributed by atoms with Crippen molar-refractivity contribution in [3.63, 3.8) is 0 Å². The van der Waals surface area contributed by atoms with Crippen molar-refractivity contribution in [2.45, 2.75) is 6.92 Å². The SMILES string of the molecule is Cc1ccccc1Nc1ncnc2cc(N3CCN(C)CC3)c([N+](=O)[O-])cc12.